The highest BCUT2D eigenvalue weighted by molar-refractivity contribution is 5.73. The normalized spacial score (nSPS) is 10.3. The molecule has 1 rings (SSSR count). The Morgan fingerprint density at radius 3 is 2.77 bits per heavy atom. The number of aldehydes is 1. The molecule has 0 fully saturated rings. The molecule has 0 atom stereocenters. The Bertz CT molecular complexity index is 332. The van der Waals surface area contributed by atoms with E-state index in [0.717, 1.165) is 0 Å². The summed E-state index contributed by atoms with van der Waals surface area (Å²) in [6.45, 7) is 0. The van der Waals surface area contributed by atoms with Crippen LogP contribution in [0.2, 0.25) is 0 Å². The molecule has 0 N–H and O–H groups in total. The standard InChI is InChI=1S/C10H9FO2/c1-13-10-5-4-8(3-2-6-12)7-9(10)11/h2-7H,1H3/b3-2+. The van der Waals surface area contributed by atoms with E-state index in [-0.39, 0.29) is 5.75 Å². The summed E-state index contributed by atoms with van der Waals surface area (Å²) in [5, 5.41) is 0. The van der Waals surface area contributed by atoms with Gasteiger partial charge in [0.2, 0.25) is 0 Å². The first-order chi connectivity index (χ1) is 6.27. The smallest absolute Gasteiger partial charge is 0.165 e. The second-order valence-corrected chi connectivity index (χ2v) is 2.39. The van der Waals surface area contributed by atoms with Crippen LogP contribution < -0.4 is 4.74 Å². The van der Waals surface area contributed by atoms with E-state index in [1.54, 1.807) is 6.07 Å². The van der Waals surface area contributed by atoms with E-state index < -0.39 is 5.82 Å². The Morgan fingerprint density at radius 1 is 1.46 bits per heavy atom. The van der Waals surface area contributed by atoms with Crippen LogP contribution in [0.1, 0.15) is 5.56 Å². The average molecular weight is 180 g/mol. The van der Waals surface area contributed by atoms with Crippen molar-refractivity contribution < 1.29 is 13.9 Å². The van der Waals surface area contributed by atoms with Crippen LogP contribution in [0.3, 0.4) is 0 Å². The number of halogens is 1. The van der Waals surface area contributed by atoms with Gasteiger partial charge >= 0.3 is 0 Å². The number of rotatable bonds is 3. The van der Waals surface area contributed by atoms with Crippen molar-refractivity contribution in [1.29, 1.82) is 0 Å². The minimum absolute atomic E-state index is 0.197. The number of allylic oxidation sites excluding steroid dienone is 1. The summed E-state index contributed by atoms with van der Waals surface area (Å²) in [7, 11) is 1.40. The van der Waals surface area contributed by atoms with Crippen molar-refractivity contribution in [2.24, 2.45) is 0 Å². The molecule has 0 unspecified atom stereocenters. The van der Waals surface area contributed by atoms with E-state index in [1.165, 1.54) is 31.4 Å². The molecule has 0 bridgehead atoms. The Hall–Kier alpha value is -1.64. The maximum atomic E-state index is 13.0. The van der Waals surface area contributed by atoms with Gasteiger partial charge in [-0.3, -0.25) is 4.79 Å². The van der Waals surface area contributed by atoms with Crippen molar-refractivity contribution in [3.8, 4) is 5.75 Å². The van der Waals surface area contributed by atoms with Crippen LogP contribution >= 0.6 is 0 Å². The van der Waals surface area contributed by atoms with Gasteiger partial charge in [0.25, 0.3) is 0 Å². The molecule has 68 valence electrons. The first kappa shape index (κ1) is 9.45. The van der Waals surface area contributed by atoms with Crippen molar-refractivity contribution in [3.63, 3.8) is 0 Å². The zero-order valence-electron chi connectivity index (χ0n) is 7.16. The van der Waals surface area contributed by atoms with Crippen molar-refractivity contribution in [2.75, 3.05) is 7.11 Å². The molecule has 0 aliphatic heterocycles. The Morgan fingerprint density at radius 2 is 2.23 bits per heavy atom. The molecule has 0 aromatic heterocycles. The average Bonchev–Trinajstić information content (AvgIpc) is 2.15. The highest BCUT2D eigenvalue weighted by atomic mass is 19.1. The van der Waals surface area contributed by atoms with Gasteiger partial charge in [0.1, 0.15) is 6.29 Å². The van der Waals surface area contributed by atoms with Gasteiger partial charge in [0, 0.05) is 0 Å². The fourth-order valence-electron chi connectivity index (χ4n) is 0.937. The van der Waals surface area contributed by atoms with Gasteiger partial charge in [-0.05, 0) is 23.8 Å². The van der Waals surface area contributed by atoms with Crippen molar-refractivity contribution in [3.05, 3.63) is 35.7 Å². The molecule has 1 aromatic rings. The molecule has 0 aliphatic carbocycles. The number of carbonyl (C=O) groups excluding carboxylic acids is 1. The monoisotopic (exact) mass is 180 g/mol. The van der Waals surface area contributed by atoms with Gasteiger partial charge < -0.3 is 4.74 Å². The Kier molecular flexibility index (Phi) is 3.20. The predicted molar refractivity (Wildman–Crippen MR) is 48.1 cm³/mol. The Balaban J connectivity index is 2.95. The van der Waals surface area contributed by atoms with E-state index in [0.29, 0.717) is 11.8 Å². The highest BCUT2D eigenvalue weighted by Crippen LogP contribution is 2.18. The summed E-state index contributed by atoms with van der Waals surface area (Å²) < 4.78 is 17.8. The molecular weight excluding hydrogens is 171 g/mol. The number of methoxy groups -OCH3 is 1. The minimum atomic E-state index is -0.435. The van der Waals surface area contributed by atoms with E-state index in [4.69, 9.17) is 4.74 Å². The molecule has 0 spiro atoms. The van der Waals surface area contributed by atoms with Gasteiger partial charge in [-0.1, -0.05) is 12.1 Å². The molecule has 3 heteroatoms. The highest BCUT2D eigenvalue weighted by Gasteiger charge is 2.00. The maximum absolute atomic E-state index is 13.0. The summed E-state index contributed by atoms with van der Waals surface area (Å²) in [6, 6.07) is 4.49. The molecule has 1 aromatic carbocycles. The van der Waals surface area contributed by atoms with Crippen LogP contribution in [0, 0.1) is 5.82 Å². The molecule has 0 saturated carbocycles. The first-order valence-electron chi connectivity index (χ1n) is 3.73. The van der Waals surface area contributed by atoms with Crippen molar-refractivity contribution >= 4 is 12.4 Å². The molecule has 0 aliphatic rings. The lowest BCUT2D eigenvalue weighted by Gasteiger charge is -2.01. The third-order valence-corrected chi connectivity index (χ3v) is 1.54. The number of ether oxygens (including phenoxy) is 1. The van der Waals surface area contributed by atoms with Gasteiger partial charge in [-0.2, -0.15) is 0 Å². The largest absolute Gasteiger partial charge is 0.494 e. The summed E-state index contributed by atoms with van der Waals surface area (Å²) in [6.07, 6.45) is 3.47. The van der Waals surface area contributed by atoms with Crippen molar-refractivity contribution in [1.82, 2.24) is 0 Å². The molecule has 0 amide bonds. The van der Waals surface area contributed by atoms with E-state index in [9.17, 15) is 9.18 Å². The quantitative estimate of drug-likeness (QED) is 0.525. The SMILES string of the molecule is COc1ccc(/C=C/C=O)cc1F. The summed E-state index contributed by atoms with van der Waals surface area (Å²) in [5.41, 5.74) is 0.630. The lowest BCUT2D eigenvalue weighted by Crippen LogP contribution is -1.87. The topological polar surface area (TPSA) is 26.3 Å². The number of hydrogen-bond acceptors (Lipinski definition) is 2. The number of benzene rings is 1. The molecule has 0 heterocycles. The summed E-state index contributed by atoms with van der Waals surface area (Å²) in [4.78, 5) is 9.98. The van der Waals surface area contributed by atoms with Gasteiger partial charge in [-0.25, -0.2) is 4.39 Å². The fourth-order valence-corrected chi connectivity index (χ4v) is 0.937. The third kappa shape index (κ3) is 2.40. The first-order valence-corrected chi connectivity index (χ1v) is 3.73. The van der Waals surface area contributed by atoms with Crippen LogP contribution in [0.4, 0.5) is 4.39 Å². The minimum Gasteiger partial charge on any atom is -0.494 e. The van der Waals surface area contributed by atoms with Gasteiger partial charge in [0.15, 0.2) is 11.6 Å². The van der Waals surface area contributed by atoms with E-state index >= 15 is 0 Å². The third-order valence-electron chi connectivity index (χ3n) is 1.54. The molecule has 13 heavy (non-hydrogen) atoms. The van der Waals surface area contributed by atoms with E-state index in [2.05, 4.69) is 0 Å². The molecule has 0 radical (unpaired) electrons. The summed E-state index contributed by atoms with van der Waals surface area (Å²) in [5.74, 6) is -0.237. The van der Waals surface area contributed by atoms with Crippen LogP contribution in [-0.4, -0.2) is 13.4 Å². The molecular formula is C10H9FO2. The van der Waals surface area contributed by atoms with Crippen LogP contribution in [0.15, 0.2) is 24.3 Å². The van der Waals surface area contributed by atoms with Crippen molar-refractivity contribution in [2.45, 2.75) is 0 Å². The van der Waals surface area contributed by atoms with Crippen LogP contribution in [0.5, 0.6) is 5.75 Å². The zero-order chi connectivity index (χ0) is 9.68. The molecule has 0 saturated heterocycles. The fraction of sp³-hybridized carbons (Fsp3) is 0.100. The van der Waals surface area contributed by atoms with Gasteiger partial charge in [0.05, 0.1) is 7.11 Å². The zero-order valence-corrected chi connectivity index (χ0v) is 7.16. The number of hydrogen-bond donors (Lipinski definition) is 0. The predicted octanol–water partition coefficient (Wildman–Crippen LogP) is 2.05. The van der Waals surface area contributed by atoms with Gasteiger partial charge in [-0.15, -0.1) is 0 Å². The Labute approximate surface area is 75.6 Å². The van der Waals surface area contributed by atoms with Crippen LogP contribution in [-0.2, 0) is 4.79 Å². The lowest BCUT2D eigenvalue weighted by atomic mass is 10.2. The maximum Gasteiger partial charge on any atom is 0.165 e. The van der Waals surface area contributed by atoms with E-state index in [1.807, 2.05) is 0 Å². The second kappa shape index (κ2) is 4.40. The molecule has 2 nitrogen and oxygen atoms in total. The second-order valence-electron chi connectivity index (χ2n) is 2.39. The van der Waals surface area contributed by atoms with Crippen LogP contribution in [0.25, 0.3) is 6.08 Å². The number of carbonyl (C=O) groups is 1. The summed E-state index contributed by atoms with van der Waals surface area (Å²) >= 11 is 0. The lowest BCUT2D eigenvalue weighted by molar-refractivity contribution is -0.104.